The molecule has 0 radical (unpaired) electrons. The Labute approximate surface area is 203 Å². The largest absolute Gasteiger partial charge is 0.403 e. The minimum Gasteiger partial charge on any atom is -0.368 e. The summed E-state index contributed by atoms with van der Waals surface area (Å²) >= 11 is 0. The number of anilines is 1. The second-order valence-electron chi connectivity index (χ2n) is 7.83. The molecule has 2 saturated heterocycles. The summed E-state index contributed by atoms with van der Waals surface area (Å²) in [5, 5.41) is 6.15. The standard InChI is InChI=1S/C21H30F3N5O2.HI/c1-15(21(22,23)24)28-8-10-29(11-9-28)20(25-2)26-14-16-5-3-6-17(13-16)27-19(30)18-7-4-12-31-18;/h3,5-6,13,15,18H,4,7-12,14H2,1-2H3,(H,25,26)(H,27,30);1H. The second-order valence-corrected chi connectivity index (χ2v) is 7.83. The van der Waals surface area contributed by atoms with Gasteiger partial charge in [0.1, 0.15) is 12.1 Å². The number of benzene rings is 1. The van der Waals surface area contributed by atoms with Crippen LogP contribution < -0.4 is 10.6 Å². The molecule has 2 fully saturated rings. The molecule has 0 aromatic heterocycles. The number of ether oxygens (including phenoxy) is 1. The van der Waals surface area contributed by atoms with Crippen molar-refractivity contribution < 1.29 is 22.7 Å². The van der Waals surface area contributed by atoms with E-state index in [1.807, 2.05) is 29.2 Å². The van der Waals surface area contributed by atoms with Crippen LogP contribution in [0.4, 0.5) is 18.9 Å². The van der Waals surface area contributed by atoms with Crippen LogP contribution in [0.15, 0.2) is 29.3 Å². The molecule has 2 aliphatic heterocycles. The first-order valence-corrected chi connectivity index (χ1v) is 10.6. The van der Waals surface area contributed by atoms with Crippen molar-refractivity contribution in [2.75, 3.05) is 45.2 Å². The van der Waals surface area contributed by atoms with E-state index < -0.39 is 12.2 Å². The van der Waals surface area contributed by atoms with Crippen LogP contribution in [0.3, 0.4) is 0 Å². The highest BCUT2D eigenvalue weighted by Gasteiger charge is 2.41. The van der Waals surface area contributed by atoms with Crippen molar-refractivity contribution >= 4 is 41.5 Å². The van der Waals surface area contributed by atoms with Gasteiger partial charge in [-0.2, -0.15) is 13.2 Å². The van der Waals surface area contributed by atoms with Gasteiger partial charge in [0.15, 0.2) is 5.96 Å². The quantitative estimate of drug-likeness (QED) is 0.324. The summed E-state index contributed by atoms with van der Waals surface area (Å²) in [5.74, 6) is 0.512. The van der Waals surface area contributed by atoms with Gasteiger partial charge in [0.25, 0.3) is 5.91 Å². The number of piperazine rings is 1. The molecular formula is C21H31F3IN5O2. The maximum Gasteiger partial charge on any atom is 0.403 e. The number of alkyl halides is 3. The lowest BCUT2D eigenvalue weighted by Gasteiger charge is -2.39. The van der Waals surface area contributed by atoms with Crippen molar-refractivity contribution in [2.45, 2.75) is 44.6 Å². The fourth-order valence-electron chi connectivity index (χ4n) is 3.81. The number of nitrogens with zero attached hydrogens (tertiary/aromatic N) is 3. The molecule has 0 saturated carbocycles. The third-order valence-corrected chi connectivity index (χ3v) is 5.71. The molecule has 32 heavy (non-hydrogen) atoms. The van der Waals surface area contributed by atoms with Gasteiger partial charge in [-0.1, -0.05) is 12.1 Å². The summed E-state index contributed by atoms with van der Waals surface area (Å²) in [6.45, 7) is 3.89. The summed E-state index contributed by atoms with van der Waals surface area (Å²) in [4.78, 5) is 19.9. The van der Waals surface area contributed by atoms with Crippen molar-refractivity contribution in [1.29, 1.82) is 0 Å². The number of halogens is 4. The Bertz CT molecular complexity index is 779. The lowest BCUT2D eigenvalue weighted by atomic mass is 10.2. The first-order valence-electron chi connectivity index (χ1n) is 10.6. The molecule has 1 aromatic rings. The van der Waals surface area contributed by atoms with E-state index in [0.29, 0.717) is 51.0 Å². The summed E-state index contributed by atoms with van der Waals surface area (Å²) in [7, 11) is 1.66. The second kappa shape index (κ2) is 12.0. The zero-order chi connectivity index (χ0) is 22.4. The summed E-state index contributed by atoms with van der Waals surface area (Å²) in [6.07, 6.45) is -2.98. The fraction of sp³-hybridized carbons (Fsp3) is 0.619. The number of guanidine groups is 1. The number of aliphatic imine (C=N–C) groups is 1. The molecule has 7 nitrogen and oxygen atoms in total. The van der Waals surface area contributed by atoms with Gasteiger partial charge in [-0.3, -0.25) is 14.7 Å². The minimum absolute atomic E-state index is 0. The molecule has 0 aliphatic carbocycles. The molecule has 2 unspecified atom stereocenters. The number of rotatable bonds is 5. The molecule has 0 spiro atoms. The first kappa shape index (κ1) is 26.7. The molecule has 2 atom stereocenters. The number of carbonyl (C=O) groups excluding carboxylic acids is 1. The van der Waals surface area contributed by atoms with Gasteiger partial charge in [-0.15, -0.1) is 24.0 Å². The van der Waals surface area contributed by atoms with Crippen LogP contribution in [-0.4, -0.2) is 79.8 Å². The van der Waals surface area contributed by atoms with Gasteiger partial charge < -0.3 is 20.3 Å². The van der Waals surface area contributed by atoms with E-state index in [0.717, 1.165) is 18.4 Å². The van der Waals surface area contributed by atoms with Crippen molar-refractivity contribution in [2.24, 2.45) is 4.99 Å². The normalized spacial score (nSPS) is 21.1. The van der Waals surface area contributed by atoms with E-state index >= 15 is 0 Å². The van der Waals surface area contributed by atoms with E-state index in [-0.39, 0.29) is 36.0 Å². The predicted molar refractivity (Wildman–Crippen MR) is 128 cm³/mol. The van der Waals surface area contributed by atoms with Crippen LogP contribution in [-0.2, 0) is 16.1 Å². The van der Waals surface area contributed by atoms with E-state index in [1.165, 1.54) is 11.8 Å². The molecule has 2 aliphatic rings. The van der Waals surface area contributed by atoms with Gasteiger partial charge in [-0.25, -0.2) is 0 Å². The Morgan fingerprint density at radius 2 is 2.00 bits per heavy atom. The number of amides is 1. The third kappa shape index (κ3) is 7.20. The highest BCUT2D eigenvalue weighted by Crippen LogP contribution is 2.25. The average Bonchev–Trinajstić information content (AvgIpc) is 3.29. The Balaban J connectivity index is 0.00000363. The van der Waals surface area contributed by atoms with Crippen LogP contribution in [0.5, 0.6) is 0 Å². The molecule has 0 bridgehead atoms. The molecule has 11 heteroatoms. The summed E-state index contributed by atoms with van der Waals surface area (Å²) in [5.41, 5.74) is 1.65. The van der Waals surface area contributed by atoms with Crippen molar-refractivity contribution in [3.05, 3.63) is 29.8 Å². The average molecular weight is 569 g/mol. The van der Waals surface area contributed by atoms with Crippen LogP contribution >= 0.6 is 24.0 Å². The zero-order valence-corrected chi connectivity index (χ0v) is 20.7. The van der Waals surface area contributed by atoms with Crippen molar-refractivity contribution in [3.63, 3.8) is 0 Å². The van der Waals surface area contributed by atoms with Gasteiger partial charge in [-0.05, 0) is 37.5 Å². The Hall–Kier alpha value is -1.60. The van der Waals surface area contributed by atoms with E-state index in [2.05, 4.69) is 15.6 Å². The SMILES string of the molecule is CN=C(NCc1cccc(NC(=O)C2CCCO2)c1)N1CCN(C(C)C(F)(F)F)CC1.I. The summed E-state index contributed by atoms with van der Waals surface area (Å²) in [6, 6.07) is 6.06. The molecule has 2 heterocycles. The topological polar surface area (TPSA) is 69.2 Å². The third-order valence-electron chi connectivity index (χ3n) is 5.71. The van der Waals surface area contributed by atoms with E-state index in [9.17, 15) is 18.0 Å². The summed E-state index contributed by atoms with van der Waals surface area (Å²) < 4.78 is 44.2. The lowest BCUT2D eigenvalue weighted by Crippen LogP contribution is -2.56. The Kier molecular flexibility index (Phi) is 10.0. The van der Waals surface area contributed by atoms with Gasteiger partial charge in [0.05, 0.1) is 0 Å². The van der Waals surface area contributed by atoms with E-state index in [1.54, 1.807) is 7.05 Å². The van der Waals surface area contributed by atoms with Gasteiger partial charge in [0.2, 0.25) is 0 Å². The van der Waals surface area contributed by atoms with Crippen molar-refractivity contribution in [1.82, 2.24) is 15.1 Å². The maximum atomic E-state index is 12.9. The highest BCUT2D eigenvalue weighted by atomic mass is 127. The molecular weight excluding hydrogens is 538 g/mol. The predicted octanol–water partition coefficient (Wildman–Crippen LogP) is 3.07. The first-order chi connectivity index (χ1) is 14.8. The van der Waals surface area contributed by atoms with Crippen LogP contribution in [0, 0.1) is 0 Å². The molecule has 1 amide bonds. The Morgan fingerprint density at radius 1 is 1.28 bits per heavy atom. The molecule has 3 rings (SSSR count). The van der Waals surface area contributed by atoms with Crippen LogP contribution in [0.1, 0.15) is 25.3 Å². The maximum absolute atomic E-state index is 12.9. The van der Waals surface area contributed by atoms with Gasteiger partial charge >= 0.3 is 6.18 Å². The molecule has 1 aromatic carbocycles. The van der Waals surface area contributed by atoms with Crippen LogP contribution in [0.2, 0.25) is 0 Å². The van der Waals surface area contributed by atoms with E-state index in [4.69, 9.17) is 4.74 Å². The lowest BCUT2D eigenvalue weighted by molar-refractivity contribution is -0.181. The number of nitrogens with one attached hydrogen (secondary N) is 2. The van der Waals surface area contributed by atoms with Crippen LogP contribution in [0.25, 0.3) is 0 Å². The highest BCUT2D eigenvalue weighted by molar-refractivity contribution is 14.0. The van der Waals surface area contributed by atoms with Crippen molar-refractivity contribution in [3.8, 4) is 0 Å². The number of carbonyl (C=O) groups is 1. The molecule has 2 N–H and O–H groups in total. The van der Waals surface area contributed by atoms with Gasteiger partial charge in [0, 0.05) is 52.1 Å². The fourth-order valence-corrected chi connectivity index (χ4v) is 3.81. The molecule has 180 valence electrons. The zero-order valence-electron chi connectivity index (χ0n) is 18.3. The Morgan fingerprint density at radius 3 is 2.59 bits per heavy atom. The number of hydrogen-bond acceptors (Lipinski definition) is 4. The monoisotopic (exact) mass is 569 g/mol. The number of hydrogen-bond donors (Lipinski definition) is 2. The smallest absolute Gasteiger partial charge is 0.368 e. The minimum atomic E-state index is -4.22.